The second-order valence-corrected chi connectivity index (χ2v) is 4.77. The van der Waals surface area contributed by atoms with Crippen LogP contribution >= 0.6 is 11.6 Å². The third kappa shape index (κ3) is 3.18. The molecule has 98 valence electrons. The van der Waals surface area contributed by atoms with Gasteiger partial charge in [0.15, 0.2) is 0 Å². The molecular formula is C11H13ClN2O4. The van der Waals surface area contributed by atoms with Crippen molar-refractivity contribution in [1.82, 2.24) is 5.32 Å². The van der Waals surface area contributed by atoms with Crippen LogP contribution in [0.2, 0.25) is 5.02 Å². The van der Waals surface area contributed by atoms with Gasteiger partial charge in [0.25, 0.3) is 11.6 Å². The summed E-state index contributed by atoms with van der Waals surface area (Å²) in [5.41, 5.74) is -1.15. The van der Waals surface area contributed by atoms with Crippen LogP contribution in [0, 0.1) is 10.1 Å². The van der Waals surface area contributed by atoms with Gasteiger partial charge in [-0.05, 0) is 19.9 Å². The highest BCUT2D eigenvalue weighted by atomic mass is 35.5. The molecule has 0 fully saturated rings. The Bertz CT molecular complexity index is 488. The summed E-state index contributed by atoms with van der Waals surface area (Å²) in [6, 6.07) is 3.99. The summed E-state index contributed by atoms with van der Waals surface area (Å²) in [5, 5.41) is 22.1. The number of rotatable bonds is 4. The van der Waals surface area contributed by atoms with E-state index in [0.29, 0.717) is 0 Å². The van der Waals surface area contributed by atoms with Gasteiger partial charge in [0, 0.05) is 6.07 Å². The van der Waals surface area contributed by atoms with Crippen molar-refractivity contribution in [2.24, 2.45) is 0 Å². The van der Waals surface area contributed by atoms with Crippen LogP contribution in [0.1, 0.15) is 24.2 Å². The standard InChI is InChI=1S/C11H13ClN2O4/c1-11(2,6-15)13-10(16)7-4-3-5-8(9(7)12)14(17)18/h3-5,15H,6H2,1-2H3,(H,13,16). The minimum Gasteiger partial charge on any atom is -0.394 e. The van der Waals surface area contributed by atoms with Gasteiger partial charge in [0.2, 0.25) is 0 Å². The maximum atomic E-state index is 11.9. The normalized spacial score (nSPS) is 11.1. The van der Waals surface area contributed by atoms with Crippen molar-refractivity contribution in [2.45, 2.75) is 19.4 Å². The zero-order valence-electron chi connectivity index (χ0n) is 9.94. The topological polar surface area (TPSA) is 92.5 Å². The summed E-state index contributed by atoms with van der Waals surface area (Å²) >= 11 is 5.81. The number of nitro benzene ring substituents is 1. The molecule has 0 aliphatic rings. The number of nitrogens with zero attached hydrogens (tertiary/aromatic N) is 1. The fraction of sp³-hybridized carbons (Fsp3) is 0.364. The first-order valence-corrected chi connectivity index (χ1v) is 5.52. The lowest BCUT2D eigenvalue weighted by Gasteiger charge is -2.23. The van der Waals surface area contributed by atoms with E-state index in [1.165, 1.54) is 18.2 Å². The summed E-state index contributed by atoms with van der Waals surface area (Å²) < 4.78 is 0. The fourth-order valence-corrected chi connectivity index (χ4v) is 1.53. The van der Waals surface area contributed by atoms with Crippen LogP contribution in [-0.2, 0) is 0 Å². The molecule has 7 heteroatoms. The average Bonchev–Trinajstić information content (AvgIpc) is 2.28. The first-order valence-electron chi connectivity index (χ1n) is 5.15. The molecule has 18 heavy (non-hydrogen) atoms. The smallest absolute Gasteiger partial charge is 0.288 e. The summed E-state index contributed by atoms with van der Waals surface area (Å²) in [5.74, 6) is -0.567. The molecule has 0 unspecified atom stereocenters. The Balaban J connectivity index is 3.08. The Morgan fingerprint density at radius 2 is 2.17 bits per heavy atom. The number of amides is 1. The SMILES string of the molecule is CC(C)(CO)NC(=O)c1cccc([N+](=O)[O-])c1Cl. The van der Waals surface area contributed by atoms with Gasteiger partial charge in [-0.1, -0.05) is 17.7 Å². The van der Waals surface area contributed by atoms with E-state index < -0.39 is 16.4 Å². The van der Waals surface area contributed by atoms with Crippen LogP contribution in [0.3, 0.4) is 0 Å². The molecule has 1 aromatic rings. The Morgan fingerprint density at radius 3 is 2.67 bits per heavy atom. The third-order valence-electron chi connectivity index (χ3n) is 2.27. The van der Waals surface area contributed by atoms with Crippen LogP contribution in [0.4, 0.5) is 5.69 Å². The van der Waals surface area contributed by atoms with Gasteiger partial charge >= 0.3 is 0 Å². The minimum atomic E-state index is -0.828. The highest BCUT2D eigenvalue weighted by molar-refractivity contribution is 6.35. The molecule has 0 aliphatic heterocycles. The second-order valence-electron chi connectivity index (χ2n) is 4.39. The lowest BCUT2D eigenvalue weighted by atomic mass is 10.1. The Morgan fingerprint density at radius 1 is 1.56 bits per heavy atom. The molecule has 0 bridgehead atoms. The zero-order chi connectivity index (χ0) is 13.9. The van der Waals surface area contributed by atoms with Gasteiger partial charge in [-0.2, -0.15) is 0 Å². The summed E-state index contributed by atoms with van der Waals surface area (Å²) in [6.45, 7) is 2.98. The number of halogens is 1. The quantitative estimate of drug-likeness (QED) is 0.645. The van der Waals surface area contributed by atoms with Gasteiger partial charge in [0.1, 0.15) is 5.02 Å². The third-order valence-corrected chi connectivity index (χ3v) is 2.66. The van der Waals surface area contributed by atoms with E-state index in [1.807, 2.05) is 0 Å². The molecule has 0 aromatic heterocycles. The number of benzene rings is 1. The predicted octanol–water partition coefficient (Wildman–Crippen LogP) is 1.75. The number of carbonyl (C=O) groups excluding carboxylic acids is 1. The summed E-state index contributed by atoms with van der Waals surface area (Å²) in [4.78, 5) is 21.9. The van der Waals surface area contributed by atoms with E-state index in [1.54, 1.807) is 13.8 Å². The van der Waals surface area contributed by atoms with Crippen molar-refractivity contribution < 1.29 is 14.8 Å². The molecule has 0 aliphatic carbocycles. The second kappa shape index (κ2) is 5.32. The largest absolute Gasteiger partial charge is 0.394 e. The highest BCUT2D eigenvalue weighted by Gasteiger charge is 2.24. The molecule has 0 saturated heterocycles. The number of nitro groups is 1. The minimum absolute atomic E-state index is 0.00684. The van der Waals surface area contributed by atoms with Crippen LogP contribution in [0.15, 0.2) is 18.2 Å². The van der Waals surface area contributed by atoms with Crippen LogP contribution in [0.25, 0.3) is 0 Å². The van der Waals surface area contributed by atoms with Crippen molar-refractivity contribution in [1.29, 1.82) is 0 Å². The van der Waals surface area contributed by atoms with Gasteiger partial charge in [-0.25, -0.2) is 0 Å². The molecule has 0 spiro atoms. The number of aliphatic hydroxyl groups is 1. The number of carbonyl (C=O) groups is 1. The van der Waals surface area contributed by atoms with Crippen LogP contribution in [0.5, 0.6) is 0 Å². The molecule has 6 nitrogen and oxygen atoms in total. The molecule has 2 N–H and O–H groups in total. The first kappa shape index (κ1) is 14.4. The lowest BCUT2D eigenvalue weighted by Crippen LogP contribution is -2.46. The van der Waals surface area contributed by atoms with Gasteiger partial charge < -0.3 is 10.4 Å². The molecule has 1 aromatic carbocycles. The summed E-state index contributed by atoms with van der Waals surface area (Å²) in [6.07, 6.45) is 0. The van der Waals surface area contributed by atoms with Crippen molar-refractivity contribution in [3.05, 3.63) is 38.9 Å². The highest BCUT2D eigenvalue weighted by Crippen LogP contribution is 2.27. The molecule has 1 amide bonds. The van der Waals surface area contributed by atoms with E-state index in [9.17, 15) is 14.9 Å². The number of aliphatic hydroxyl groups excluding tert-OH is 1. The summed E-state index contributed by atoms with van der Waals surface area (Å²) in [7, 11) is 0. The van der Waals surface area contributed by atoms with E-state index in [4.69, 9.17) is 16.7 Å². The zero-order valence-corrected chi connectivity index (χ0v) is 10.7. The maximum Gasteiger partial charge on any atom is 0.288 e. The van der Waals surface area contributed by atoms with Crippen LogP contribution in [-0.4, -0.2) is 28.1 Å². The Hall–Kier alpha value is -1.66. The lowest BCUT2D eigenvalue weighted by molar-refractivity contribution is -0.384. The Labute approximate surface area is 109 Å². The van der Waals surface area contributed by atoms with Gasteiger partial charge in [0.05, 0.1) is 22.6 Å². The van der Waals surface area contributed by atoms with E-state index >= 15 is 0 Å². The monoisotopic (exact) mass is 272 g/mol. The van der Waals surface area contributed by atoms with Crippen molar-refractivity contribution in [2.75, 3.05) is 6.61 Å². The van der Waals surface area contributed by atoms with Crippen LogP contribution < -0.4 is 5.32 Å². The van der Waals surface area contributed by atoms with E-state index in [0.717, 1.165) is 0 Å². The average molecular weight is 273 g/mol. The number of hydrogen-bond acceptors (Lipinski definition) is 4. The molecule has 0 atom stereocenters. The van der Waals surface area contributed by atoms with Crippen molar-refractivity contribution >= 4 is 23.2 Å². The predicted molar refractivity (Wildman–Crippen MR) is 66.7 cm³/mol. The first-order chi connectivity index (χ1) is 8.28. The molecular weight excluding hydrogens is 260 g/mol. The molecule has 0 saturated carbocycles. The Kier molecular flexibility index (Phi) is 4.26. The van der Waals surface area contributed by atoms with Crippen molar-refractivity contribution in [3.8, 4) is 0 Å². The molecule has 1 rings (SSSR count). The maximum absolute atomic E-state index is 11.9. The molecule has 0 heterocycles. The van der Waals surface area contributed by atoms with Gasteiger partial charge in [-0.3, -0.25) is 14.9 Å². The van der Waals surface area contributed by atoms with Crippen molar-refractivity contribution in [3.63, 3.8) is 0 Å². The number of hydrogen-bond donors (Lipinski definition) is 2. The number of nitrogens with one attached hydrogen (secondary N) is 1. The molecule has 0 radical (unpaired) electrons. The van der Waals surface area contributed by atoms with E-state index in [-0.39, 0.29) is 22.9 Å². The fourth-order valence-electron chi connectivity index (χ4n) is 1.25. The van der Waals surface area contributed by atoms with Gasteiger partial charge in [-0.15, -0.1) is 0 Å². The van der Waals surface area contributed by atoms with E-state index in [2.05, 4.69) is 5.32 Å².